The van der Waals surface area contributed by atoms with Gasteiger partial charge in [-0.15, -0.1) is 0 Å². The van der Waals surface area contributed by atoms with Crippen LogP contribution in [0.4, 0.5) is 10.2 Å². The maximum absolute atomic E-state index is 13.9. The third-order valence-electron chi connectivity index (χ3n) is 4.26. The lowest BCUT2D eigenvalue weighted by molar-refractivity contribution is 0.386. The summed E-state index contributed by atoms with van der Waals surface area (Å²) in [6, 6.07) is 5.38. The second-order valence-corrected chi connectivity index (χ2v) is 5.93. The number of halogens is 1. The summed E-state index contributed by atoms with van der Waals surface area (Å²) >= 11 is 0. The number of nitrogens with zero attached hydrogens (tertiary/aromatic N) is 2. The number of hydrogen-bond donors (Lipinski definition) is 1. The van der Waals surface area contributed by atoms with Crippen LogP contribution in [0.5, 0.6) is 5.75 Å². The van der Waals surface area contributed by atoms with E-state index in [0.717, 1.165) is 18.7 Å². The number of ether oxygens (including phenoxy) is 1. The zero-order valence-corrected chi connectivity index (χ0v) is 12.0. The van der Waals surface area contributed by atoms with E-state index < -0.39 is 0 Å². The molecule has 4 rings (SSSR count). The summed E-state index contributed by atoms with van der Waals surface area (Å²) in [5.41, 5.74) is 7.72. The molecule has 1 heterocycles. The van der Waals surface area contributed by atoms with Crippen molar-refractivity contribution in [2.24, 2.45) is 0 Å². The molecule has 0 unspecified atom stereocenters. The van der Waals surface area contributed by atoms with Gasteiger partial charge in [0.25, 0.3) is 0 Å². The zero-order chi connectivity index (χ0) is 14.6. The second kappa shape index (κ2) is 4.48. The van der Waals surface area contributed by atoms with Gasteiger partial charge in [-0.2, -0.15) is 0 Å². The first kappa shape index (κ1) is 12.7. The van der Waals surface area contributed by atoms with Crippen molar-refractivity contribution in [2.75, 3.05) is 12.8 Å². The smallest absolute Gasteiger partial charge is 0.165 e. The molecule has 4 nitrogen and oxygen atoms in total. The highest BCUT2D eigenvalue weighted by molar-refractivity contribution is 5.72. The van der Waals surface area contributed by atoms with E-state index in [2.05, 4.69) is 4.57 Å². The Morgan fingerprint density at radius 3 is 2.62 bits per heavy atom. The number of nitrogens with two attached hydrogens (primary N) is 1. The molecule has 0 bridgehead atoms. The molecule has 1 aromatic heterocycles. The molecule has 0 aliphatic heterocycles. The van der Waals surface area contributed by atoms with Crippen molar-refractivity contribution in [1.29, 1.82) is 0 Å². The maximum Gasteiger partial charge on any atom is 0.165 e. The average Bonchev–Trinajstić information content (AvgIpc) is 3.36. The van der Waals surface area contributed by atoms with E-state index in [1.807, 2.05) is 6.07 Å². The predicted molar refractivity (Wildman–Crippen MR) is 78.8 cm³/mol. The number of anilines is 1. The van der Waals surface area contributed by atoms with E-state index >= 15 is 0 Å². The van der Waals surface area contributed by atoms with Gasteiger partial charge in [0, 0.05) is 17.5 Å². The van der Waals surface area contributed by atoms with Crippen LogP contribution < -0.4 is 10.5 Å². The maximum atomic E-state index is 13.9. The van der Waals surface area contributed by atoms with Crippen LogP contribution >= 0.6 is 0 Å². The van der Waals surface area contributed by atoms with Crippen molar-refractivity contribution in [1.82, 2.24) is 9.55 Å². The molecular formula is C16H18FN3O. The number of rotatable bonds is 4. The number of benzene rings is 1. The monoisotopic (exact) mass is 287 g/mol. The Kier molecular flexibility index (Phi) is 2.71. The van der Waals surface area contributed by atoms with Crippen molar-refractivity contribution in [3.63, 3.8) is 0 Å². The normalized spacial score (nSPS) is 18.0. The minimum atomic E-state index is -0.386. The van der Waals surface area contributed by atoms with Crippen molar-refractivity contribution in [3.05, 3.63) is 29.8 Å². The Bertz CT molecular complexity index is 702. The summed E-state index contributed by atoms with van der Waals surface area (Å²) in [5.74, 6) is 2.14. The Balaban J connectivity index is 1.81. The Hall–Kier alpha value is -2.04. The molecule has 2 aromatic rings. The molecule has 2 aliphatic carbocycles. The van der Waals surface area contributed by atoms with Crippen molar-refractivity contribution >= 4 is 5.82 Å². The van der Waals surface area contributed by atoms with Gasteiger partial charge in [-0.25, -0.2) is 9.37 Å². The number of methoxy groups -OCH3 is 1. The predicted octanol–water partition coefficient (Wildman–Crippen LogP) is 3.49. The van der Waals surface area contributed by atoms with Crippen LogP contribution in [0.15, 0.2) is 18.2 Å². The highest BCUT2D eigenvalue weighted by atomic mass is 19.1. The van der Waals surface area contributed by atoms with Gasteiger partial charge in [0.15, 0.2) is 11.6 Å². The Labute approximate surface area is 122 Å². The van der Waals surface area contributed by atoms with Gasteiger partial charge in [-0.05, 0) is 43.9 Å². The van der Waals surface area contributed by atoms with Gasteiger partial charge in [-0.1, -0.05) is 0 Å². The fourth-order valence-electron chi connectivity index (χ4n) is 2.84. The number of imidazole rings is 1. The van der Waals surface area contributed by atoms with E-state index in [0.29, 0.717) is 29.0 Å². The van der Waals surface area contributed by atoms with Gasteiger partial charge in [0.1, 0.15) is 17.3 Å². The van der Waals surface area contributed by atoms with Gasteiger partial charge in [-0.3, -0.25) is 0 Å². The lowest BCUT2D eigenvalue weighted by Crippen LogP contribution is -2.04. The van der Waals surface area contributed by atoms with Crippen LogP contribution in [-0.4, -0.2) is 16.7 Å². The lowest BCUT2D eigenvalue weighted by atomic mass is 10.1. The average molecular weight is 287 g/mol. The van der Waals surface area contributed by atoms with E-state index in [4.69, 9.17) is 15.5 Å². The summed E-state index contributed by atoms with van der Waals surface area (Å²) in [7, 11) is 1.46. The summed E-state index contributed by atoms with van der Waals surface area (Å²) in [5, 5.41) is 0. The Morgan fingerprint density at radius 2 is 2.05 bits per heavy atom. The third-order valence-corrected chi connectivity index (χ3v) is 4.26. The molecule has 110 valence electrons. The van der Waals surface area contributed by atoms with Crippen molar-refractivity contribution < 1.29 is 9.13 Å². The van der Waals surface area contributed by atoms with Gasteiger partial charge < -0.3 is 15.0 Å². The molecule has 0 radical (unpaired) electrons. The van der Waals surface area contributed by atoms with Crippen molar-refractivity contribution in [3.8, 4) is 17.0 Å². The van der Waals surface area contributed by atoms with Gasteiger partial charge in [0.05, 0.1) is 7.11 Å². The minimum Gasteiger partial charge on any atom is -0.494 e. The summed E-state index contributed by atoms with van der Waals surface area (Å²) in [4.78, 5) is 4.73. The van der Waals surface area contributed by atoms with Crippen LogP contribution in [0.2, 0.25) is 0 Å². The molecule has 0 amide bonds. The largest absolute Gasteiger partial charge is 0.494 e. The summed E-state index contributed by atoms with van der Waals surface area (Å²) < 4.78 is 21.1. The second-order valence-electron chi connectivity index (χ2n) is 5.93. The van der Waals surface area contributed by atoms with Crippen LogP contribution in [-0.2, 0) is 0 Å². The molecule has 0 saturated heterocycles. The van der Waals surface area contributed by atoms with E-state index in [-0.39, 0.29) is 11.6 Å². The molecule has 2 fully saturated rings. The van der Waals surface area contributed by atoms with Crippen LogP contribution in [0.3, 0.4) is 0 Å². The molecule has 21 heavy (non-hydrogen) atoms. The summed E-state index contributed by atoms with van der Waals surface area (Å²) in [6.45, 7) is 0. The third kappa shape index (κ3) is 2.07. The SMILES string of the molecule is COc1ccc(-c2nc(C3CC3)n(C3CC3)c2N)cc1F. The van der Waals surface area contributed by atoms with Crippen molar-refractivity contribution in [2.45, 2.75) is 37.6 Å². The number of aromatic nitrogens is 2. The quantitative estimate of drug-likeness (QED) is 0.936. The molecule has 2 saturated carbocycles. The van der Waals surface area contributed by atoms with Crippen LogP contribution in [0.1, 0.15) is 43.5 Å². The molecule has 2 N–H and O–H groups in total. The molecule has 2 aliphatic rings. The fraction of sp³-hybridized carbons (Fsp3) is 0.438. The first-order chi connectivity index (χ1) is 10.2. The number of nitrogen functional groups attached to an aromatic ring is 1. The zero-order valence-electron chi connectivity index (χ0n) is 12.0. The molecule has 0 spiro atoms. The molecule has 0 atom stereocenters. The van der Waals surface area contributed by atoms with E-state index in [1.165, 1.54) is 26.0 Å². The van der Waals surface area contributed by atoms with E-state index in [1.54, 1.807) is 6.07 Å². The van der Waals surface area contributed by atoms with Crippen LogP contribution in [0.25, 0.3) is 11.3 Å². The van der Waals surface area contributed by atoms with Gasteiger partial charge >= 0.3 is 0 Å². The van der Waals surface area contributed by atoms with Gasteiger partial charge in [0.2, 0.25) is 0 Å². The minimum absolute atomic E-state index is 0.237. The topological polar surface area (TPSA) is 53.1 Å². The number of hydrogen-bond acceptors (Lipinski definition) is 3. The first-order valence-corrected chi connectivity index (χ1v) is 7.40. The lowest BCUT2D eigenvalue weighted by Gasteiger charge is -2.07. The first-order valence-electron chi connectivity index (χ1n) is 7.40. The highest BCUT2D eigenvalue weighted by Gasteiger charge is 2.36. The summed E-state index contributed by atoms with van der Waals surface area (Å²) in [6.07, 6.45) is 4.69. The highest BCUT2D eigenvalue weighted by Crippen LogP contribution is 2.48. The van der Waals surface area contributed by atoms with E-state index in [9.17, 15) is 4.39 Å². The Morgan fingerprint density at radius 1 is 1.29 bits per heavy atom. The molecule has 1 aromatic carbocycles. The fourth-order valence-corrected chi connectivity index (χ4v) is 2.84. The van der Waals surface area contributed by atoms with Crippen LogP contribution in [0, 0.1) is 5.82 Å². The molecule has 5 heteroatoms. The molecular weight excluding hydrogens is 269 g/mol. The standard InChI is InChI=1S/C16H18FN3O/c1-21-13-7-4-10(8-12(13)17)14-15(18)20(11-5-6-11)16(19-14)9-2-3-9/h4,7-9,11H,2-3,5-6,18H2,1H3.